The molecule has 2 aromatic rings. The number of hydrogen-bond donors (Lipinski definition) is 4. The lowest BCUT2D eigenvalue weighted by Crippen LogP contribution is -2.32. The largest absolute Gasteiger partial charge is 0.365 e. The second-order valence-corrected chi connectivity index (χ2v) is 9.51. The van der Waals surface area contributed by atoms with E-state index in [1.165, 1.54) is 18.1 Å². The predicted octanol–water partition coefficient (Wildman–Crippen LogP) is 5.31. The zero-order valence-corrected chi connectivity index (χ0v) is 19.6. The molecule has 2 aliphatic rings. The van der Waals surface area contributed by atoms with Crippen LogP contribution in [0.15, 0.2) is 35.0 Å². The lowest BCUT2D eigenvalue weighted by molar-refractivity contribution is 0.0938. The van der Waals surface area contributed by atoms with Gasteiger partial charge in [-0.25, -0.2) is 9.97 Å². The number of nitrogens with zero attached hydrogens (tertiary/aromatic N) is 2. The Balaban J connectivity index is 1.49. The van der Waals surface area contributed by atoms with Gasteiger partial charge in [0.15, 0.2) is 0 Å². The monoisotopic (exact) mass is 468 g/mol. The van der Waals surface area contributed by atoms with Crippen molar-refractivity contribution in [2.45, 2.75) is 57.0 Å². The Bertz CT molecular complexity index is 1140. The van der Waals surface area contributed by atoms with Crippen LogP contribution in [-0.2, 0) is 6.54 Å². The number of benzene rings is 1. The number of carbonyl (C=O) groups is 1. The number of hydrogen-bond acceptors (Lipinski definition) is 7. The fraction of sp³-hybridized carbons (Fsp3) is 0.348. The number of fused-ring (bicyclic) bond motifs is 1. The van der Waals surface area contributed by atoms with E-state index in [9.17, 15) is 4.79 Å². The highest BCUT2D eigenvalue weighted by atomic mass is 35.5. The van der Waals surface area contributed by atoms with Crippen LogP contribution in [0.5, 0.6) is 0 Å². The average molecular weight is 469 g/mol. The van der Waals surface area contributed by atoms with Crippen molar-refractivity contribution >= 4 is 51.4 Å². The first-order valence-corrected chi connectivity index (χ1v) is 11.8. The van der Waals surface area contributed by atoms with E-state index in [0.717, 1.165) is 41.7 Å². The molecule has 2 heterocycles. The van der Waals surface area contributed by atoms with E-state index >= 15 is 0 Å². The molecule has 1 saturated carbocycles. The summed E-state index contributed by atoms with van der Waals surface area (Å²) in [4.78, 5) is 22.0. The van der Waals surface area contributed by atoms with Crippen molar-refractivity contribution in [2.24, 2.45) is 0 Å². The van der Waals surface area contributed by atoms with Crippen molar-refractivity contribution in [1.29, 1.82) is 10.8 Å². The molecule has 0 saturated heterocycles. The number of thioether (sulfide) groups is 1. The van der Waals surface area contributed by atoms with Gasteiger partial charge >= 0.3 is 0 Å². The SMILES string of the molecule is CC(=N)/C(C)=C1\C(=N)Sc2c(NCc3ccc(C(=O)NC4CCCC4)c(Cl)c3)ncnc21. The minimum Gasteiger partial charge on any atom is -0.365 e. The van der Waals surface area contributed by atoms with E-state index in [0.29, 0.717) is 45.0 Å². The van der Waals surface area contributed by atoms with Gasteiger partial charge in [0.2, 0.25) is 0 Å². The second kappa shape index (κ2) is 9.42. The average Bonchev–Trinajstić information content (AvgIpc) is 3.38. The van der Waals surface area contributed by atoms with Crippen molar-refractivity contribution in [2.75, 3.05) is 5.32 Å². The van der Waals surface area contributed by atoms with E-state index in [-0.39, 0.29) is 11.9 Å². The van der Waals surface area contributed by atoms with Crippen molar-refractivity contribution in [3.8, 4) is 0 Å². The molecule has 7 nitrogen and oxygen atoms in total. The van der Waals surface area contributed by atoms with Crippen molar-refractivity contribution in [1.82, 2.24) is 15.3 Å². The quantitative estimate of drug-likeness (QED) is 0.429. The van der Waals surface area contributed by atoms with Crippen molar-refractivity contribution in [3.05, 3.63) is 51.9 Å². The number of carbonyl (C=O) groups excluding carboxylic acids is 1. The van der Waals surface area contributed by atoms with Gasteiger partial charge in [0.25, 0.3) is 5.91 Å². The molecule has 0 spiro atoms. The van der Waals surface area contributed by atoms with Crippen LogP contribution in [0.4, 0.5) is 5.82 Å². The smallest absolute Gasteiger partial charge is 0.253 e. The first kappa shape index (κ1) is 22.5. The summed E-state index contributed by atoms with van der Waals surface area (Å²) in [6.07, 6.45) is 5.84. The molecule has 1 aromatic carbocycles. The molecule has 1 amide bonds. The Morgan fingerprint density at radius 1 is 1.25 bits per heavy atom. The number of nitrogens with one attached hydrogen (secondary N) is 4. The number of halogens is 1. The highest BCUT2D eigenvalue weighted by Crippen LogP contribution is 2.44. The molecule has 1 aliphatic heterocycles. The molecule has 1 aromatic heterocycles. The molecule has 0 atom stereocenters. The van der Waals surface area contributed by atoms with Crippen LogP contribution in [0, 0.1) is 10.8 Å². The number of allylic oxidation sites excluding steroid dienone is 1. The van der Waals surface area contributed by atoms with Crippen LogP contribution in [0.2, 0.25) is 5.02 Å². The Kier molecular flexibility index (Phi) is 6.62. The minimum absolute atomic E-state index is 0.124. The van der Waals surface area contributed by atoms with Gasteiger partial charge in [0.05, 0.1) is 21.2 Å². The third kappa shape index (κ3) is 4.56. The summed E-state index contributed by atoms with van der Waals surface area (Å²) in [5.41, 5.74) is 3.92. The first-order chi connectivity index (χ1) is 15.3. The normalized spacial score (nSPS) is 17.3. The number of rotatable bonds is 6. The number of anilines is 1. The summed E-state index contributed by atoms with van der Waals surface area (Å²) in [5, 5.41) is 23.4. The maximum atomic E-state index is 12.5. The summed E-state index contributed by atoms with van der Waals surface area (Å²) >= 11 is 7.71. The molecule has 166 valence electrons. The van der Waals surface area contributed by atoms with E-state index in [4.69, 9.17) is 22.4 Å². The second-order valence-electron chi connectivity index (χ2n) is 8.08. The van der Waals surface area contributed by atoms with Crippen LogP contribution in [0.1, 0.15) is 61.1 Å². The summed E-state index contributed by atoms with van der Waals surface area (Å²) in [7, 11) is 0. The molecule has 1 fully saturated rings. The zero-order valence-electron chi connectivity index (χ0n) is 18.0. The van der Waals surface area contributed by atoms with Crippen molar-refractivity contribution in [3.63, 3.8) is 0 Å². The van der Waals surface area contributed by atoms with Gasteiger partial charge in [-0.1, -0.05) is 42.3 Å². The Hall–Kier alpha value is -2.71. The molecule has 32 heavy (non-hydrogen) atoms. The van der Waals surface area contributed by atoms with Crippen LogP contribution >= 0.6 is 23.4 Å². The standard InChI is InChI=1S/C23H25ClN6OS/c1-12(13(2)25)18-19-20(32-21(18)26)22(29-11-28-19)27-10-14-7-8-16(17(24)9-14)23(31)30-15-5-3-4-6-15/h7-9,11,15,25-26H,3-6,10H2,1-2H3,(H,30,31)(H,27,28,29)/b18-12-,25-13?,26-21?. The fourth-order valence-corrected chi connectivity index (χ4v) is 5.26. The maximum absolute atomic E-state index is 12.5. The molecule has 4 N–H and O–H groups in total. The van der Waals surface area contributed by atoms with Gasteiger partial charge in [-0.3, -0.25) is 10.2 Å². The predicted molar refractivity (Wildman–Crippen MR) is 130 cm³/mol. The Morgan fingerprint density at radius 2 is 2.00 bits per heavy atom. The molecular weight excluding hydrogens is 444 g/mol. The van der Waals surface area contributed by atoms with Crippen LogP contribution in [0.25, 0.3) is 5.57 Å². The number of aromatic nitrogens is 2. The lowest BCUT2D eigenvalue weighted by Gasteiger charge is -2.14. The molecular formula is C23H25ClN6OS. The molecule has 0 bridgehead atoms. The maximum Gasteiger partial charge on any atom is 0.253 e. The van der Waals surface area contributed by atoms with Gasteiger partial charge in [0, 0.05) is 23.9 Å². The molecule has 9 heteroatoms. The van der Waals surface area contributed by atoms with E-state index in [2.05, 4.69) is 20.6 Å². The third-order valence-corrected chi connectivity index (χ3v) is 7.15. The highest BCUT2D eigenvalue weighted by Gasteiger charge is 2.29. The fourth-order valence-electron chi connectivity index (χ4n) is 3.94. The molecule has 0 unspecified atom stereocenters. The van der Waals surface area contributed by atoms with E-state index in [1.54, 1.807) is 19.1 Å². The minimum atomic E-state index is -0.124. The van der Waals surface area contributed by atoms with E-state index < -0.39 is 0 Å². The van der Waals surface area contributed by atoms with Crippen LogP contribution in [-0.4, -0.2) is 32.7 Å². The summed E-state index contributed by atoms with van der Waals surface area (Å²) in [6.45, 7) is 4.01. The van der Waals surface area contributed by atoms with Gasteiger partial charge < -0.3 is 16.0 Å². The van der Waals surface area contributed by atoms with Crippen LogP contribution < -0.4 is 10.6 Å². The van der Waals surface area contributed by atoms with Gasteiger partial charge in [-0.2, -0.15) is 0 Å². The first-order valence-electron chi connectivity index (χ1n) is 10.6. The summed E-state index contributed by atoms with van der Waals surface area (Å²) in [5.74, 6) is 0.510. The summed E-state index contributed by atoms with van der Waals surface area (Å²) in [6, 6.07) is 5.68. The summed E-state index contributed by atoms with van der Waals surface area (Å²) < 4.78 is 0. The van der Waals surface area contributed by atoms with Gasteiger partial charge in [0.1, 0.15) is 17.2 Å². The lowest BCUT2D eigenvalue weighted by atomic mass is 10.0. The van der Waals surface area contributed by atoms with E-state index in [1.807, 2.05) is 13.0 Å². The Labute approximate surface area is 196 Å². The molecule has 0 radical (unpaired) electrons. The van der Waals surface area contributed by atoms with Crippen molar-refractivity contribution < 1.29 is 4.79 Å². The topological polar surface area (TPSA) is 115 Å². The highest BCUT2D eigenvalue weighted by molar-refractivity contribution is 8.15. The number of amides is 1. The van der Waals surface area contributed by atoms with Gasteiger partial charge in [-0.05, 0) is 50.0 Å². The molecule has 4 rings (SSSR count). The molecule has 1 aliphatic carbocycles. The zero-order chi connectivity index (χ0) is 22.8. The van der Waals surface area contributed by atoms with Gasteiger partial charge in [-0.15, -0.1) is 0 Å². The Morgan fingerprint density at radius 3 is 2.69 bits per heavy atom. The van der Waals surface area contributed by atoms with Crippen LogP contribution in [0.3, 0.4) is 0 Å². The third-order valence-electron chi connectivity index (χ3n) is 5.84.